The Morgan fingerprint density at radius 2 is 2.05 bits per heavy atom. The summed E-state index contributed by atoms with van der Waals surface area (Å²) < 4.78 is 10.9. The van der Waals surface area contributed by atoms with Crippen molar-refractivity contribution in [3.63, 3.8) is 0 Å². The van der Waals surface area contributed by atoms with E-state index in [4.69, 9.17) is 15.4 Å². The maximum absolute atomic E-state index is 11.3. The molecule has 0 saturated heterocycles. The second kappa shape index (κ2) is 3.23. The van der Waals surface area contributed by atoms with Crippen molar-refractivity contribution in [2.45, 2.75) is 44.3 Å². The minimum absolute atomic E-state index is 0.0217. The zero-order chi connectivity index (χ0) is 13.4. The van der Waals surface area contributed by atoms with E-state index in [0.29, 0.717) is 17.8 Å². The van der Waals surface area contributed by atoms with Gasteiger partial charge in [0.05, 0.1) is 0 Å². The lowest BCUT2D eigenvalue weighted by molar-refractivity contribution is -0.269. The third-order valence-corrected chi connectivity index (χ3v) is 6.01. The van der Waals surface area contributed by atoms with Gasteiger partial charge in [0.15, 0.2) is 0 Å². The SMILES string of the molecule is CC(=O)OC1C2CC3CC4(OC(=O)ON)CC1C32C4. The second-order valence-corrected chi connectivity index (χ2v) is 6.57. The molecule has 4 aliphatic carbocycles. The standard InChI is InChI=1S/C13H17NO5/c1-6(15)17-10-8-2-7-3-12(18-11(16)19-14)4-9(10)13(7,8)5-12/h7-10H,2-5,14H2,1H3. The Morgan fingerprint density at radius 1 is 1.26 bits per heavy atom. The minimum Gasteiger partial charge on any atom is -0.462 e. The molecular weight excluding hydrogens is 250 g/mol. The molecular formula is C13H17NO5. The average molecular weight is 267 g/mol. The number of ether oxygens (including phenoxy) is 2. The largest absolute Gasteiger partial charge is 0.528 e. The first kappa shape index (κ1) is 11.5. The predicted molar refractivity (Wildman–Crippen MR) is 61.4 cm³/mol. The summed E-state index contributed by atoms with van der Waals surface area (Å²) in [6, 6.07) is 0. The molecule has 0 heterocycles. The highest BCUT2D eigenvalue weighted by Crippen LogP contribution is 2.83. The molecule has 0 aliphatic heterocycles. The van der Waals surface area contributed by atoms with Crippen LogP contribution in [0.25, 0.3) is 0 Å². The molecule has 4 rings (SSSR count). The van der Waals surface area contributed by atoms with Gasteiger partial charge >= 0.3 is 12.1 Å². The lowest BCUT2D eigenvalue weighted by atomic mass is 9.37. The van der Waals surface area contributed by atoms with Crippen LogP contribution < -0.4 is 5.90 Å². The van der Waals surface area contributed by atoms with Gasteiger partial charge in [0.25, 0.3) is 0 Å². The first-order chi connectivity index (χ1) is 9.01. The Labute approximate surface area is 110 Å². The van der Waals surface area contributed by atoms with E-state index in [1.54, 1.807) is 0 Å². The number of carbonyl (C=O) groups is 2. The molecule has 4 fully saturated rings. The van der Waals surface area contributed by atoms with Crippen molar-refractivity contribution in [1.29, 1.82) is 0 Å². The Balaban J connectivity index is 1.56. The molecule has 0 radical (unpaired) electrons. The van der Waals surface area contributed by atoms with E-state index in [1.165, 1.54) is 6.92 Å². The summed E-state index contributed by atoms with van der Waals surface area (Å²) in [7, 11) is 0. The molecule has 0 amide bonds. The molecule has 4 saturated carbocycles. The third-order valence-electron chi connectivity index (χ3n) is 6.01. The number of hydrogen-bond acceptors (Lipinski definition) is 6. The normalized spacial score (nSPS) is 51.7. The lowest BCUT2D eigenvalue weighted by Crippen LogP contribution is -2.69. The summed E-state index contributed by atoms with van der Waals surface area (Å²) in [4.78, 5) is 26.6. The molecule has 0 aromatic heterocycles. The van der Waals surface area contributed by atoms with Crippen LogP contribution in [-0.2, 0) is 19.1 Å². The van der Waals surface area contributed by atoms with Crippen molar-refractivity contribution in [3.05, 3.63) is 0 Å². The summed E-state index contributed by atoms with van der Waals surface area (Å²) >= 11 is 0. The Hall–Kier alpha value is -1.30. The smallest absolute Gasteiger partial charge is 0.462 e. The van der Waals surface area contributed by atoms with Gasteiger partial charge < -0.3 is 14.3 Å². The Kier molecular flexibility index (Phi) is 1.96. The minimum atomic E-state index is -0.806. The van der Waals surface area contributed by atoms with Crippen molar-refractivity contribution in [3.8, 4) is 0 Å². The third kappa shape index (κ3) is 1.16. The number of rotatable bonds is 2. The number of fused-ring (bicyclic) bond motifs is 1. The Bertz CT molecular complexity index is 480. The van der Waals surface area contributed by atoms with Crippen LogP contribution in [0.15, 0.2) is 0 Å². The molecule has 19 heavy (non-hydrogen) atoms. The number of hydrogen-bond donors (Lipinski definition) is 1. The molecule has 6 unspecified atom stereocenters. The van der Waals surface area contributed by atoms with E-state index in [-0.39, 0.29) is 17.5 Å². The van der Waals surface area contributed by atoms with Crippen molar-refractivity contribution < 1.29 is 23.9 Å². The van der Waals surface area contributed by atoms with Gasteiger partial charge in [-0.2, -0.15) is 5.90 Å². The maximum atomic E-state index is 11.3. The zero-order valence-electron chi connectivity index (χ0n) is 10.8. The van der Waals surface area contributed by atoms with E-state index >= 15 is 0 Å². The van der Waals surface area contributed by atoms with Gasteiger partial charge in [-0.05, 0) is 37.0 Å². The highest BCUT2D eigenvalue weighted by molar-refractivity contribution is 5.66. The first-order valence-corrected chi connectivity index (χ1v) is 6.78. The number of carbonyl (C=O) groups excluding carboxylic acids is 2. The van der Waals surface area contributed by atoms with E-state index in [1.807, 2.05) is 0 Å². The Morgan fingerprint density at radius 3 is 2.74 bits per heavy atom. The molecule has 0 aromatic carbocycles. The molecule has 6 heteroatoms. The van der Waals surface area contributed by atoms with E-state index in [0.717, 1.165) is 25.7 Å². The zero-order valence-corrected chi connectivity index (χ0v) is 10.8. The van der Waals surface area contributed by atoms with Crippen LogP contribution in [0.4, 0.5) is 4.79 Å². The molecule has 6 atom stereocenters. The first-order valence-electron chi connectivity index (χ1n) is 6.78. The van der Waals surface area contributed by atoms with Gasteiger partial charge in [0.2, 0.25) is 0 Å². The highest BCUT2D eigenvalue weighted by atomic mass is 16.8. The topological polar surface area (TPSA) is 87.8 Å². The fraction of sp³-hybridized carbons (Fsp3) is 0.846. The molecule has 2 bridgehead atoms. The number of nitrogens with two attached hydrogens (primary N) is 1. The summed E-state index contributed by atoms with van der Waals surface area (Å²) in [5.41, 5.74) is -0.176. The summed E-state index contributed by atoms with van der Waals surface area (Å²) in [5.74, 6) is 6.05. The van der Waals surface area contributed by atoms with Crippen LogP contribution in [0.1, 0.15) is 32.6 Å². The molecule has 2 N–H and O–H groups in total. The van der Waals surface area contributed by atoms with E-state index in [2.05, 4.69) is 4.84 Å². The van der Waals surface area contributed by atoms with Gasteiger partial charge in [-0.1, -0.05) is 0 Å². The molecule has 4 aliphatic rings. The lowest BCUT2D eigenvalue weighted by Gasteiger charge is -2.69. The summed E-state index contributed by atoms with van der Waals surface area (Å²) in [6.07, 6.45) is 2.85. The molecule has 1 spiro atoms. The fourth-order valence-corrected chi connectivity index (χ4v) is 5.67. The van der Waals surface area contributed by atoms with Gasteiger partial charge in [-0.3, -0.25) is 4.79 Å². The van der Waals surface area contributed by atoms with E-state index < -0.39 is 11.8 Å². The molecule has 0 aromatic rings. The monoisotopic (exact) mass is 267 g/mol. The fourth-order valence-electron chi connectivity index (χ4n) is 5.67. The second-order valence-electron chi connectivity index (χ2n) is 6.57. The van der Waals surface area contributed by atoms with Gasteiger partial charge in [-0.15, -0.1) is 0 Å². The van der Waals surface area contributed by atoms with Crippen molar-refractivity contribution in [1.82, 2.24) is 0 Å². The quantitative estimate of drug-likeness (QED) is 0.596. The van der Waals surface area contributed by atoms with Crippen LogP contribution >= 0.6 is 0 Å². The van der Waals surface area contributed by atoms with Gasteiger partial charge in [0.1, 0.15) is 11.7 Å². The van der Waals surface area contributed by atoms with Crippen LogP contribution in [-0.4, -0.2) is 23.8 Å². The molecule has 6 nitrogen and oxygen atoms in total. The predicted octanol–water partition coefficient (Wildman–Crippen LogP) is 1.13. The maximum Gasteiger partial charge on any atom is 0.528 e. The van der Waals surface area contributed by atoms with E-state index in [9.17, 15) is 9.59 Å². The van der Waals surface area contributed by atoms with Crippen LogP contribution in [0, 0.1) is 23.2 Å². The van der Waals surface area contributed by atoms with Crippen molar-refractivity contribution in [2.75, 3.05) is 0 Å². The van der Waals surface area contributed by atoms with Gasteiger partial charge in [0, 0.05) is 18.8 Å². The summed E-state index contributed by atoms with van der Waals surface area (Å²) in [5, 5.41) is 0. The van der Waals surface area contributed by atoms with Crippen molar-refractivity contribution in [2.24, 2.45) is 29.1 Å². The van der Waals surface area contributed by atoms with Crippen LogP contribution in [0.2, 0.25) is 0 Å². The van der Waals surface area contributed by atoms with Crippen molar-refractivity contribution >= 4 is 12.1 Å². The van der Waals surface area contributed by atoms with Crippen LogP contribution in [0.3, 0.4) is 0 Å². The van der Waals surface area contributed by atoms with Gasteiger partial charge in [-0.25, -0.2) is 4.79 Å². The molecule has 104 valence electrons. The van der Waals surface area contributed by atoms with Crippen LogP contribution in [0.5, 0.6) is 0 Å². The summed E-state index contributed by atoms with van der Waals surface area (Å²) in [6.45, 7) is 1.45. The highest BCUT2D eigenvalue weighted by Gasteiger charge is 2.83. The number of esters is 1. The average Bonchev–Trinajstić information content (AvgIpc) is 2.79.